The molecular formula is C20H34N2O5. The van der Waals surface area contributed by atoms with Gasteiger partial charge in [-0.15, -0.1) is 0 Å². The van der Waals surface area contributed by atoms with Gasteiger partial charge in [0, 0.05) is 6.54 Å². The summed E-state index contributed by atoms with van der Waals surface area (Å²) in [5.41, 5.74) is -0.615. The minimum Gasteiger partial charge on any atom is -0.467 e. The van der Waals surface area contributed by atoms with Crippen LogP contribution in [0.15, 0.2) is 0 Å². The third kappa shape index (κ3) is 6.40. The minimum atomic E-state index is -0.660. The Labute approximate surface area is 162 Å². The molecular weight excluding hydrogens is 348 g/mol. The Bertz CT molecular complexity index is 537. The standard InChI is InChI=1S/C20H34N2O5/c1-20(2,3)27-19(25)22-12-8-11-16(22)17(23)21-15(18(24)26-4)13-14-9-6-5-7-10-14/h14-16H,5-13H2,1-4H3,(H,21,23)/t15?,16-/m0/s1. The molecule has 0 bridgehead atoms. The summed E-state index contributed by atoms with van der Waals surface area (Å²) < 4.78 is 10.3. The predicted molar refractivity (Wildman–Crippen MR) is 101 cm³/mol. The van der Waals surface area contributed by atoms with Crippen LogP contribution in [0, 0.1) is 5.92 Å². The fraction of sp³-hybridized carbons (Fsp3) is 0.850. The first-order valence-electron chi connectivity index (χ1n) is 10.1. The Kier molecular flexibility index (Phi) is 7.50. The number of carbonyl (C=O) groups excluding carboxylic acids is 3. The lowest BCUT2D eigenvalue weighted by Crippen LogP contribution is -2.52. The summed E-state index contributed by atoms with van der Waals surface area (Å²) in [4.78, 5) is 38.9. The molecule has 1 aliphatic carbocycles. The highest BCUT2D eigenvalue weighted by Crippen LogP contribution is 2.28. The van der Waals surface area contributed by atoms with Crippen molar-refractivity contribution in [1.82, 2.24) is 10.2 Å². The van der Waals surface area contributed by atoms with E-state index in [0.29, 0.717) is 25.3 Å². The molecule has 0 aromatic rings. The second kappa shape index (κ2) is 9.42. The molecule has 1 heterocycles. The van der Waals surface area contributed by atoms with E-state index in [-0.39, 0.29) is 5.91 Å². The monoisotopic (exact) mass is 382 g/mol. The lowest BCUT2D eigenvalue weighted by Gasteiger charge is -2.30. The number of likely N-dealkylation sites (tertiary alicyclic amines) is 1. The summed E-state index contributed by atoms with van der Waals surface area (Å²) >= 11 is 0. The van der Waals surface area contributed by atoms with Gasteiger partial charge in [-0.1, -0.05) is 32.1 Å². The molecule has 1 saturated heterocycles. The van der Waals surface area contributed by atoms with E-state index < -0.39 is 29.7 Å². The summed E-state index contributed by atoms with van der Waals surface area (Å²) in [6.45, 7) is 5.88. The number of amides is 2. The fourth-order valence-corrected chi connectivity index (χ4v) is 3.96. The van der Waals surface area contributed by atoms with Crippen molar-refractivity contribution in [3.8, 4) is 0 Å². The molecule has 27 heavy (non-hydrogen) atoms. The van der Waals surface area contributed by atoms with Crippen molar-refractivity contribution in [3.63, 3.8) is 0 Å². The third-order valence-corrected chi connectivity index (χ3v) is 5.28. The summed E-state index contributed by atoms with van der Waals surface area (Å²) in [5.74, 6) is -0.297. The van der Waals surface area contributed by atoms with Crippen molar-refractivity contribution in [2.75, 3.05) is 13.7 Å². The predicted octanol–water partition coefficient (Wildman–Crippen LogP) is 3.01. The van der Waals surface area contributed by atoms with E-state index in [9.17, 15) is 14.4 Å². The Balaban J connectivity index is 1.99. The maximum absolute atomic E-state index is 12.8. The van der Waals surface area contributed by atoms with Gasteiger partial charge in [0.05, 0.1) is 7.11 Å². The molecule has 1 saturated carbocycles. The quantitative estimate of drug-likeness (QED) is 0.739. The Morgan fingerprint density at radius 1 is 1.07 bits per heavy atom. The molecule has 0 aromatic carbocycles. The van der Waals surface area contributed by atoms with Crippen LogP contribution in [-0.2, 0) is 19.1 Å². The lowest BCUT2D eigenvalue weighted by molar-refractivity contribution is -0.146. The molecule has 0 aromatic heterocycles. The highest BCUT2D eigenvalue weighted by atomic mass is 16.6. The van der Waals surface area contributed by atoms with Crippen molar-refractivity contribution in [2.45, 2.75) is 89.8 Å². The number of hydrogen-bond donors (Lipinski definition) is 1. The van der Waals surface area contributed by atoms with Crippen LogP contribution in [0.5, 0.6) is 0 Å². The molecule has 154 valence electrons. The van der Waals surface area contributed by atoms with Crippen LogP contribution in [-0.4, -0.2) is 54.2 Å². The maximum atomic E-state index is 12.8. The van der Waals surface area contributed by atoms with Crippen molar-refractivity contribution in [2.24, 2.45) is 5.92 Å². The zero-order chi connectivity index (χ0) is 20.0. The normalized spacial score (nSPS) is 22.2. The number of methoxy groups -OCH3 is 1. The van der Waals surface area contributed by atoms with E-state index in [1.807, 2.05) is 0 Å². The Morgan fingerprint density at radius 3 is 2.33 bits per heavy atom. The van der Waals surface area contributed by atoms with Crippen molar-refractivity contribution < 1.29 is 23.9 Å². The van der Waals surface area contributed by atoms with Gasteiger partial charge in [0.15, 0.2) is 0 Å². The molecule has 2 atom stereocenters. The van der Waals surface area contributed by atoms with Crippen LogP contribution >= 0.6 is 0 Å². The highest BCUT2D eigenvalue weighted by molar-refractivity contribution is 5.90. The van der Waals surface area contributed by atoms with Crippen molar-refractivity contribution in [3.05, 3.63) is 0 Å². The summed E-state index contributed by atoms with van der Waals surface area (Å²) in [6, 6.07) is -1.26. The molecule has 7 heteroatoms. The number of ether oxygens (including phenoxy) is 2. The SMILES string of the molecule is COC(=O)C(CC1CCCCC1)NC(=O)[C@@H]1CCCN1C(=O)OC(C)(C)C. The fourth-order valence-electron chi connectivity index (χ4n) is 3.96. The van der Waals surface area contributed by atoms with E-state index >= 15 is 0 Å². The van der Waals surface area contributed by atoms with Crippen LogP contribution < -0.4 is 5.32 Å². The van der Waals surface area contributed by atoms with Gasteiger partial charge in [0.25, 0.3) is 0 Å². The number of nitrogens with zero attached hydrogens (tertiary/aromatic N) is 1. The minimum absolute atomic E-state index is 0.301. The van der Waals surface area contributed by atoms with Gasteiger partial charge in [0.2, 0.25) is 5.91 Å². The molecule has 0 radical (unpaired) electrons. The largest absolute Gasteiger partial charge is 0.467 e. The van der Waals surface area contributed by atoms with Crippen LogP contribution in [0.3, 0.4) is 0 Å². The second-order valence-corrected chi connectivity index (χ2v) is 8.66. The summed E-state index contributed by atoms with van der Waals surface area (Å²) in [7, 11) is 1.34. The number of rotatable bonds is 5. The Hall–Kier alpha value is -1.79. The van der Waals surface area contributed by atoms with Gasteiger partial charge in [-0.2, -0.15) is 0 Å². The van der Waals surface area contributed by atoms with Crippen LogP contribution in [0.4, 0.5) is 4.79 Å². The van der Waals surface area contributed by atoms with E-state index in [0.717, 1.165) is 19.3 Å². The van der Waals surface area contributed by atoms with Gasteiger partial charge >= 0.3 is 12.1 Å². The van der Waals surface area contributed by atoms with Gasteiger partial charge in [-0.25, -0.2) is 9.59 Å². The van der Waals surface area contributed by atoms with Crippen LogP contribution in [0.2, 0.25) is 0 Å². The first-order chi connectivity index (χ1) is 12.7. The molecule has 1 unspecified atom stereocenters. The van der Waals surface area contributed by atoms with Crippen molar-refractivity contribution in [1.29, 1.82) is 0 Å². The number of carbonyl (C=O) groups is 3. The van der Waals surface area contributed by atoms with Gasteiger partial charge in [0.1, 0.15) is 17.7 Å². The van der Waals surface area contributed by atoms with Gasteiger partial charge in [-0.3, -0.25) is 9.69 Å². The molecule has 7 nitrogen and oxygen atoms in total. The van der Waals surface area contributed by atoms with Crippen LogP contribution in [0.25, 0.3) is 0 Å². The molecule has 2 fully saturated rings. The number of nitrogens with one attached hydrogen (secondary N) is 1. The van der Waals surface area contributed by atoms with E-state index in [4.69, 9.17) is 9.47 Å². The highest BCUT2D eigenvalue weighted by Gasteiger charge is 2.38. The van der Waals surface area contributed by atoms with E-state index in [1.165, 1.54) is 31.3 Å². The summed E-state index contributed by atoms with van der Waals surface area (Å²) in [6.07, 6.45) is 7.15. The lowest BCUT2D eigenvalue weighted by atomic mass is 9.84. The molecule has 2 aliphatic rings. The zero-order valence-corrected chi connectivity index (χ0v) is 17.1. The average Bonchev–Trinajstić information content (AvgIpc) is 3.10. The average molecular weight is 383 g/mol. The first kappa shape index (κ1) is 21.5. The molecule has 1 N–H and O–H groups in total. The number of hydrogen-bond acceptors (Lipinski definition) is 5. The van der Waals surface area contributed by atoms with Crippen LogP contribution in [0.1, 0.15) is 72.1 Å². The van der Waals surface area contributed by atoms with E-state index in [2.05, 4.69) is 5.32 Å². The Morgan fingerprint density at radius 2 is 1.74 bits per heavy atom. The summed E-state index contributed by atoms with van der Waals surface area (Å²) in [5, 5.41) is 2.84. The first-order valence-corrected chi connectivity index (χ1v) is 10.1. The second-order valence-electron chi connectivity index (χ2n) is 8.66. The maximum Gasteiger partial charge on any atom is 0.410 e. The van der Waals surface area contributed by atoms with Crippen molar-refractivity contribution >= 4 is 18.0 Å². The van der Waals surface area contributed by atoms with E-state index in [1.54, 1.807) is 20.8 Å². The molecule has 2 rings (SSSR count). The third-order valence-electron chi connectivity index (χ3n) is 5.28. The van der Waals surface area contributed by atoms with Gasteiger partial charge < -0.3 is 14.8 Å². The molecule has 1 aliphatic heterocycles. The zero-order valence-electron chi connectivity index (χ0n) is 17.1. The smallest absolute Gasteiger partial charge is 0.410 e. The van der Waals surface area contributed by atoms with Gasteiger partial charge in [-0.05, 0) is 46.0 Å². The number of esters is 1. The molecule has 2 amide bonds. The molecule has 0 spiro atoms. The topological polar surface area (TPSA) is 84.9 Å².